The number of piperidine rings is 2. The first kappa shape index (κ1) is 38.4. The van der Waals surface area contributed by atoms with Crippen LogP contribution in [0.2, 0.25) is 0 Å². The third kappa shape index (κ3) is 6.67. The van der Waals surface area contributed by atoms with Crippen molar-refractivity contribution in [2.75, 3.05) is 52.3 Å². The Morgan fingerprint density at radius 2 is 1.70 bits per heavy atom. The van der Waals surface area contributed by atoms with Gasteiger partial charge in [0, 0.05) is 94.1 Å². The Morgan fingerprint density at radius 1 is 0.967 bits per heavy atom. The van der Waals surface area contributed by atoms with Gasteiger partial charge in [0.25, 0.3) is 11.8 Å². The number of epoxide rings is 1. The van der Waals surface area contributed by atoms with Crippen LogP contribution in [-0.4, -0.2) is 115 Å². The van der Waals surface area contributed by atoms with E-state index in [-0.39, 0.29) is 54.0 Å². The molecule has 5 amide bonds. The van der Waals surface area contributed by atoms with Crippen LogP contribution in [0.15, 0.2) is 55.0 Å². The molecule has 3 aromatic rings. The molecule has 60 heavy (non-hydrogen) atoms. The summed E-state index contributed by atoms with van der Waals surface area (Å²) in [6, 6.07) is 10.7. The van der Waals surface area contributed by atoms with Crippen molar-refractivity contribution >= 4 is 40.8 Å². The zero-order chi connectivity index (χ0) is 41.4. The van der Waals surface area contributed by atoms with Crippen molar-refractivity contribution in [3.63, 3.8) is 0 Å². The Bertz CT molecular complexity index is 2320. The number of methoxy groups -OCH3 is 2. The summed E-state index contributed by atoms with van der Waals surface area (Å²) in [6.45, 7) is 3.92. The second-order valence-electron chi connectivity index (χ2n) is 17.6. The highest BCUT2D eigenvalue weighted by atomic mass is 16.6. The van der Waals surface area contributed by atoms with Crippen LogP contribution in [0.5, 0.6) is 11.5 Å². The zero-order valence-electron chi connectivity index (χ0n) is 34.1. The molecule has 6 aliphatic heterocycles. The molecule has 312 valence electrons. The van der Waals surface area contributed by atoms with Crippen molar-refractivity contribution in [2.24, 2.45) is 11.3 Å². The van der Waals surface area contributed by atoms with E-state index in [9.17, 15) is 24.0 Å². The second-order valence-corrected chi connectivity index (χ2v) is 17.6. The highest BCUT2D eigenvalue weighted by molar-refractivity contribution is 6.23. The Labute approximate surface area is 348 Å². The summed E-state index contributed by atoms with van der Waals surface area (Å²) in [4.78, 5) is 75.8. The number of likely N-dealkylation sites (tertiary alicyclic amines) is 1. The number of hydrogen-bond donors (Lipinski definition) is 2. The fraction of sp³-hybridized carbons (Fsp3) is 0.467. The first-order valence-electron chi connectivity index (χ1n) is 20.9. The van der Waals surface area contributed by atoms with E-state index in [1.165, 1.54) is 0 Å². The number of fused-ring (bicyclic) bond motifs is 4. The fourth-order valence-electron chi connectivity index (χ4n) is 10.5. The number of hydrogen-bond acceptors (Lipinski definition) is 12. The van der Waals surface area contributed by atoms with Crippen molar-refractivity contribution < 1.29 is 38.2 Å². The summed E-state index contributed by atoms with van der Waals surface area (Å²) >= 11 is 0. The van der Waals surface area contributed by atoms with Crippen molar-refractivity contribution in [3.8, 4) is 11.5 Å². The van der Waals surface area contributed by atoms with Crippen LogP contribution in [0.4, 0.5) is 5.69 Å². The van der Waals surface area contributed by atoms with Gasteiger partial charge >= 0.3 is 0 Å². The molecule has 3 atom stereocenters. The molecule has 1 aliphatic carbocycles. The van der Waals surface area contributed by atoms with Gasteiger partial charge in [0.1, 0.15) is 23.6 Å². The molecule has 4 saturated heterocycles. The minimum atomic E-state index is -0.981. The molecule has 15 nitrogen and oxygen atoms in total. The van der Waals surface area contributed by atoms with Crippen LogP contribution in [0.3, 0.4) is 0 Å². The number of nitrogens with one attached hydrogen (secondary N) is 2. The number of imide groups is 2. The summed E-state index contributed by atoms with van der Waals surface area (Å²) in [5.41, 5.74) is 6.84. The number of anilines is 1. The SMILES string of the molecule is COc1cc(C2=CN(C)C3OC3c3cnccc32)cc(OC)c1CN1CC(CC(=O)NC2CC3(CCN(c4ccc5c(c4)C(=O)N(C4CCC(=O)NC4=O)C5=O)CC3)C2)C1. The number of rotatable bonds is 10. The van der Waals surface area contributed by atoms with E-state index in [1.807, 2.05) is 31.6 Å². The van der Waals surface area contributed by atoms with E-state index in [2.05, 4.69) is 48.6 Å². The molecule has 2 N–H and O–H groups in total. The van der Waals surface area contributed by atoms with Crippen LogP contribution in [-0.2, 0) is 25.7 Å². The maximum absolute atomic E-state index is 13.4. The molecule has 0 radical (unpaired) electrons. The van der Waals surface area contributed by atoms with E-state index in [1.54, 1.807) is 26.4 Å². The maximum Gasteiger partial charge on any atom is 0.262 e. The highest BCUT2D eigenvalue weighted by Crippen LogP contribution is 2.50. The molecule has 1 spiro atoms. The number of carbonyl (C=O) groups excluding carboxylic acids is 5. The number of benzene rings is 2. The summed E-state index contributed by atoms with van der Waals surface area (Å²) in [6.07, 6.45) is 10.4. The fourth-order valence-corrected chi connectivity index (χ4v) is 10.5. The standard InChI is InChI=1S/C45H49N7O8/c1-49-23-33(29-8-11-46-20-32(29)40-44(49)60-40)26-15-36(58-2)34(37(16-26)59-3)24-50-21-25(22-50)14-39(54)47-27-18-45(19-27)9-12-51(13-10-45)28-4-5-30-31(17-28)43(57)52(42(30)56)35-6-7-38(53)48-41(35)55/h4-5,8,11,15-17,20,23,25,27,35,40,44H,6-7,9-10,12-14,18-19,21-22,24H2,1-3H3,(H,47,54)(H,48,53,55). The lowest BCUT2D eigenvalue weighted by molar-refractivity contribution is -0.136. The van der Waals surface area contributed by atoms with Gasteiger partial charge in [-0.3, -0.25) is 44.1 Å². The molecule has 2 aromatic carbocycles. The zero-order valence-corrected chi connectivity index (χ0v) is 34.1. The number of likely N-dealkylation sites (N-methyl/N-ethyl adjacent to an activating group) is 1. The lowest BCUT2D eigenvalue weighted by Crippen LogP contribution is -2.56. The van der Waals surface area contributed by atoms with Gasteiger partial charge in [-0.1, -0.05) is 0 Å². The summed E-state index contributed by atoms with van der Waals surface area (Å²) in [5.74, 6) is -0.0788. The average Bonchev–Trinajstić information content (AvgIpc) is 4.00. The quantitative estimate of drug-likeness (QED) is 0.226. The number of amides is 5. The molecule has 5 fully saturated rings. The number of pyridine rings is 1. The number of carbonyl (C=O) groups is 5. The Hall–Kier alpha value is -5.80. The number of ether oxygens (including phenoxy) is 3. The van der Waals surface area contributed by atoms with Gasteiger partial charge in [0.15, 0.2) is 6.23 Å². The minimum absolute atomic E-state index is 0.00370. The van der Waals surface area contributed by atoms with E-state index < -0.39 is 29.7 Å². The lowest BCUT2D eigenvalue weighted by atomic mass is 9.60. The van der Waals surface area contributed by atoms with Crippen LogP contribution in [0, 0.1) is 11.3 Å². The summed E-state index contributed by atoms with van der Waals surface area (Å²) < 4.78 is 17.8. The number of aromatic nitrogens is 1. The van der Waals surface area contributed by atoms with Crippen LogP contribution < -0.4 is 25.0 Å². The normalized spacial score (nSPS) is 24.8. The lowest BCUT2D eigenvalue weighted by Gasteiger charge is -2.53. The van der Waals surface area contributed by atoms with Crippen LogP contribution >= 0.6 is 0 Å². The van der Waals surface area contributed by atoms with Gasteiger partial charge in [0.05, 0.1) is 30.9 Å². The van der Waals surface area contributed by atoms with Crippen LogP contribution in [0.25, 0.3) is 5.57 Å². The summed E-state index contributed by atoms with van der Waals surface area (Å²) in [7, 11) is 5.41. The largest absolute Gasteiger partial charge is 0.496 e. The molecule has 7 heterocycles. The third-order valence-corrected chi connectivity index (χ3v) is 13.8. The van der Waals surface area contributed by atoms with Gasteiger partial charge in [0.2, 0.25) is 17.7 Å². The first-order chi connectivity index (χ1) is 29.0. The summed E-state index contributed by atoms with van der Waals surface area (Å²) in [5, 5.41) is 5.55. The van der Waals surface area contributed by atoms with Gasteiger partial charge < -0.3 is 29.3 Å². The predicted octanol–water partition coefficient (Wildman–Crippen LogP) is 3.62. The molecular formula is C45H49N7O8. The van der Waals surface area contributed by atoms with Crippen molar-refractivity contribution in [2.45, 2.75) is 75.9 Å². The first-order valence-corrected chi connectivity index (χ1v) is 20.9. The maximum atomic E-state index is 13.4. The molecule has 7 aliphatic rings. The van der Waals surface area contributed by atoms with Gasteiger partial charge in [-0.05, 0) is 91.0 Å². The van der Waals surface area contributed by atoms with E-state index in [0.29, 0.717) is 18.5 Å². The molecular weight excluding hydrogens is 767 g/mol. The monoisotopic (exact) mass is 815 g/mol. The van der Waals surface area contributed by atoms with Gasteiger partial charge in [-0.15, -0.1) is 0 Å². The highest BCUT2D eigenvalue weighted by Gasteiger charge is 2.49. The van der Waals surface area contributed by atoms with Crippen LogP contribution in [0.1, 0.15) is 94.0 Å². The van der Waals surface area contributed by atoms with E-state index in [4.69, 9.17) is 14.2 Å². The average molecular weight is 816 g/mol. The van der Waals surface area contributed by atoms with Gasteiger partial charge in [-0.25, -0.2) is 0 Å². The Kier molecular flexibility index (Phi) is 9.43. The van der Waals surface area contributed by atoms with Crippen molar-refractivity contribution in [3.05, 3.63) is 88.4 Å². The van der Waals surface area contributed by atoms with Crippen molar-refractivity contribution in [1.82, 2.24) is 30.3 Å². The molecule has 15 heteroatoms. The molecule has 3 unspecified atom stereocenters. The third-order valence-electron chi connectivity index (χ3n) is 13.8. The van der Waals surface area contributed by atoms with Gasteiger partial charge in [-0.2, -0.15) is 0 Å². The number of nitrogens with zero attached hydrogens (tertiary/aromatic N) is 5. The molecule has 10 rings (SSSR count). The Morgan fingerprint density at radius 3 is 2.42 bits per heavy atom. The topological polar surface area (TPSA) is 166 Å². The van der Waals surface area contributed by atoms with E-state index in [0.717, 1.165) is 102 Å². The Balaban J connectivity index is 0.696. The minimum Gasteiger partial charge on any atom is -0.496 e. The second kappa shape index (κ2) is 14.7. The molecule has 0 bridgehead atoms. The smallest absolute Gasteiger partial charge is 0.262 e. The van der Waals surface area contributed by atoms with Crippen molar-refractivity contribution in [1.29, 1.82) is 0 Å². The van der Waals surface area contributed by atoms with E-state index >= 15 is 0 Å². The molecule has 1 aromatic heterocycles. The predicted molar refractivity (Wildman–Crippen MR) is 218 cm³/mol. The molecule has 1 saturated carbocycles.